The van der Waals surface area contributed by atoms with Crippen LogP contribution in [0.4, 0.5) is 0 Å². The largest absolute Gasteiger partial charge is 0.481 e. The molecule has 0 aromatic heterocycles. The Morgan fingerprint density at radius 1 is 0.450 bits per heavy atom. The molecule has 4 heterocycles. The molecule has 320 valence electrons. The number of benzene rings is 4. The fourth-order valence-electron chi connectivity index (χ4n) is 8.48. The fourth-order valence-corrected chi connectivity index (χ4v) is 9.16. The molecule has 4 aliphatic rings. The first kappa shape index (κ1) is 46.6. The van der Waals surface area contributed by atoms with Crippen molar-refractivity contribution >= 4 is 55.7 Å². The monoisotopic (exact) mass is 948 g/mol. The number of halogens is 2. The van der Waals surface area contributed by atoms with Crippen molar-refractivity contribution in [2.75, 3.05) is 52.4 Å². The van der Waals surface area contributed by atoms with Gasteiger partial charge >= 0.3 is 23.9 Å². The van der Waals surface area contributed by atoms with E-state index >= 15 is 0 Å². The predicted molar refractivity (Wildman–Crippen MR) is 238 cm³/mol. The molecule has 0 spiro atoms. The van der Waals surface area contributed by atoms with E-state index in [9.17, 15) is 19.2 Å². The fraction of sp³-hybridized carbons (Fsp3) is 0.391. The average molecular weight is 951 g/mol. The predicted octanol–water partition coefficient (Wildman–Crippen LogP) is 6.44. The molecule has 0 aliphatic carbocycles. The molecule has 0 bridgehead atoms. The number of aryl methyl sites for hydroxylation is 2. The van der Waals surface area contributed by atoms with E-state index in [0.29, 0.717) is 26.2 Å². The van der Waals surface area contributed by atoms with Gasteiger partial charge in [-0.15, -0.1) is 0 Å². The molecule has 4 aromatic rings. The molecule has 0 radical (unpaired) electrons. The Bertz CT molecular complexity index is 2010. The second-order valence-electron chi connectivity index (χ2n) is 15.7. The number of carboxylic acid groups (broad SMARTS) is 4. The van der Waals surface area contributed by atoms with Crippen LogP contribution in [-0.2, 0) is 19.2 Å². The number of nitrogens with one attached hydrogen (secondary N) is 4. The summed E-state index contributed by atoms with van der Waals surface area (Å²) in [6.45, 7) is 9.37. The van der Waals surface area contributed by atoms with Crippen LogP contribution in [0.2, 0.25) is 0 Å². The molecule has 8 rings (SSSR count). The molecule has 60 heavy (non-hydrogen) atoms. The molecule has 4 fully saturated rings. The van der Waals surface area contributed by atoms with E-state index in [4.69, 9.17) is 20.4 Å². The van der Waals surface area contributed by atoms with Crippen molar-refractivity contribution < 1.29 is 39.6 Å². The lowest BCUT2D eigenvalue weighted by Crippen LogP contribution is -2.21. The van der Waals surface area contributed by atoms with Crippen LogP contribution in [0.15, 0.2) is 106 Å². The van der Waals surface area contributed by atoms with E-state index in [1.807, 2.05) is 105 Å². The second kappa shape index (κ2) is 22.4. The molecule has 0 saturated carbocycles. The average Bonchev–Trinajstić information content (AvgIpc) is 4.06. The molecule has 0 amide bonds. The van der Waals surface area contributed by atoms with Gasteiger partial charge in [-0.3, -0.25) is 19.2 Å². The zero-order valence-corrected chi connectivity index (χ0v) is 36.9. The maximum absolute atomic E-state index is 11.1. The standard InChI is InChI=1S/2C12H15NO2.2C11H12BrNO2/c1-8-3-2-4-9(5-8)10-6-13-7-11(10)12(14)15;1-8-4-2-3-5-9(8)10-6-13-7-11(10)12(14)15;12-8-3-1-7(2-4-8)9-5-13-6-10(9)11(14)15;12-8-3-1-2-7(4-8)9-5-13-6-10(9)11(14)15/h2*2-5,10-11,13H,6-7H2,1H3,(H,14,15);2*1-4,9-10,13H,5-6H2,(H,14,15)/t;;9-,10+;/m..0./s1. The quantitative estimate of drug-likeness (QED) is 0.0965. The van der Waals surface area contributed by atoms with Crippen molar-refractivity contribution in [3.05, 3.63) is 139 Å². The van der Waals surface area contributed by atoms with Crippen molar-refractivity contribution in [3.63, 3.8) is 0 Å². The van der Waals surface area contributed by atoms with Crippen LogP contribution >= 0.6 is 31.9 Å². The van der Waals surface area contributed by atoms with Gasteiger partial charge in [0.05, 0.1) is 23.7 Å². The summed E-state index contributed by atoms with van der Waals surface area (Å²) in [5.41, 5.74) is 6.83. The van der Waals surface area contributed by atoms with Gasteiger partial charge in [0.2, 0.25) is 0 Å². The summed E-state index contributed by atoms with van der Waals surface area (Å²) in [6.07, 6.45) is 0. The van der Waals surface area contributed by atoms with Gasteiger partial charge in [-0.25, -0.2) is 0 Å². The lowest BCUT2D eigenvalue weighted by molar-refractivity contribution is -0.142. The topological polar surface area (TPSA) is 197 Å². The van der Waals surface area contributed by atoms with Crippen molar-refractivity contribution in [2.24, 2.45) is 23.7 Å². The van der Waals surface area contributed by atoms with Crippen molar-refractivity contribution in [1.82, 2.24) is 21.3 Å². The molecule has 14 heteroatoms. The molecule has 8 N–H and O–H groups in total. The van der Waals surface area contributed by atoms with Crippen LogP contribution in [0.3, 0.4) is 0 Å². The zero-order chi connectivity index (χ0) is 43.3. The highest BCUT2D eigenvalue weighted by atomic mass is 79.9. The summed E-state index contributed by atoms with van der Waals surface area (Å²) in [5.74, 6) is -3.61. The summed E-state index contributed by atoms with van der Waals surface area (Å²) in [5, 5.41) is 48.8. The van der Waals surface area contributed by atoms with Crippen LogP contribution in [0.25, 0.3) is 0 Å². The van der Waals surface area contributed by atoms with E-state index < -0.39 is 23.9 Å². The van der Waals surface area contributed by atoms with E-state index in [1.165, 1.54) is 11.1 Å². The van der Waals surface area contributed by atoms with E-state index in [-0.39, 0.29) is 47.3 Å². The molecule has 4 saturated heterocycles. The Labute approximate surface area is 367 Å². The Hall–Kier alpha value is -4.44. The lowest BCUT2D eigenvalue weighted by Gasteiger charge is -2.17. The summed E-state index contributed by atoms with van der Waals surface area (Å²) < 4.78 is 2.01. The number of aliphatic carboxylic acids is 4. The van der Waals surface area contributed by atoms with Gasteiger partial charge in [0.25, 0.3) is 0 Å². The molecule has 4 aliphatic heterocycles. The van der Waals surface area contributed by atoms with Crippen molar-refractivity contribution in [1.29, 1.82) is 0 Å². The van der Waals surface area contributed by atoms with Crippen molar-refractivity contribution in [3.8, 4) is 0 Å². The SMILES string of the molecule is Cc1cccc(C2CNCC2C(=O)O)c1.Cc1ccccc1C1CNCC1C(=O)O.O=C(O)C1CNCC1c1cccc(Br)c1.O=C(O)[C@@H]1CNC[C@H]1c1ccc(Br)cc1. The maximum Gasteiger partial charge on any atom is 0.308 e. The molecule has 6 unspecified atom stereocenters. The summed E-state index contributed by atoms with van der Waals surface area (Å²) in [4.78, 5) is 44.1. The first-order chi connectivity index (χ1) is 28.7. The number of hydrogen-bond donors (Lipinski definition) is 8. The zero-order valence-electron chi connectivity index (χ0n) is 33.7. The summed E-state index contributed by atoms with van der Waals surface area (Å²) >= 11 is 6.76. The second-order valence-corrected chi connectivity index (χ2v) is 17.5. The minimum Gasteiger partial charge on any atom is -0.481 e. The van der Waals surface area contributed by atoms with Gasteiger partial charge in [-0.05, 0) is 65.9 Å². The van der Waals surface area contributed by atoms with Crippen LogP contribution in [0.1, 0.15) is 57.1 Å². The number of carboxylic acids is 4. The van der Waals surface area contributed by atoms with Gasteiger partial charge < -0.3 is 41.7 Å². The highest BCUT2D eigenvalue weighted by Gasteiger charge is 2.36. The van der Waals surface area contributed by atoms with Crippen molar-refractivity contribution in [2.45, 2.75) is 37.5 Å². The van der Waals surface area contributed by atoms with Gasteiger partial charge in [0, 0.05) is 85.0 Å². The minimum atomic E-state index is -0.718. The van der Waals surface area contributed by atoms with E-state index in [2.05, 4.69) is 59.2 Å². The first-order valence-electron chi connectivity index (χ1n) is 20.1. The van der Waals surface area contributed by atoms with Gasteiger partial charge in [-0.1, -0.05) is 110 Å². The molecule has 8 atom stereocenters. The Kier molecular flexibility index (Phi) is 17.4. The van der Waals surface area contributed by atoms with Gasteiger partial charge in [-0.2, -0.15) is 0 Å². The lowest BCUT2D eigenvalue weighted by atomic mass is 9.86. The maximum atomic E-state index is 11.1. The summed E-state index contributed by atoms with van der Waals surface area (Å²) in [6, 6.07) is 31.9. The van der Waals surface area contributed by atoms with E-state index in [1.54, 1.807) is 0 Å². The molecule has 4 aromatic carbocycles. The summed E-state index contributed by atoms with van der Waals surface area (Å²) in [7, 11) is 0. The number of carbonyl (C=O) groups is 4. The smallest absolute Gasteiger partial charge is 0.308 e. The minimum absolute atomic E-state index is 0.0833. The third-order valence-electron chi connectivity index (χ3n) is 11.8. The molecular formula is C46H54Br2N4O8. The van der Waals surface area contributed by atoms with Crippen LogP contribution in [0, 0.1) is 37.5 Å². The van der Waals surface area contributed by atoms with Crippen LogP contribution < -0.4 is 21.3 Å². The van der Waals surface area contributed by atoms with Gasteiger partial charge in [0.15, 0.2) is 0 Å². The third kappa shape index (κ3) is 12.6. The van der Waals surface area contributed by atoms with E-state index in [0.717, 1.165) is 57.4 Å². The number of rotatable bonds is 8. The normalized spacial score (nSPS) is 25.4. The molecule has 12 nitrogen and oxygen atoms in total. The van der Waals surface area contributed by atoms with Crippen LogP contribution in [-0.4, -0.2) is 96.7 Å². The highest BCUT2D eigenvalue weighted by Crippen LogP contribution is 2.32. The Morgan fingerprint density at radius 3 is 1.32 bits per heavy atom. The number of hydrogen-bond acceptors (Lipinski definition) is 8. The molecular weight excluding hydrogens is 896 g/mol. The third-order valence-corrected chi connectivity index (χ3v) is 12.8. The Balaban J connectivity index is 0.000000152. The van der Waals surface area contributed by atoms with Gasteiger partial charge in [0.1, 0.15) is 0 Å². The van der Waals surface area contributed by atoms with Crippen LogP contribution in [0.5, 0.6) is 0 Å². The Morgan fingerprint density at radius 2 is 0.867 bits per heavy atom. The highest BCUT2D eigenvalue weighted by molar-refractivity contribution is 9.10. The first-order valence-corrected chi connectivity index (χ1v) is 21.7.